The van der Waals surface area contributed by atoms with Gasteiger partial charge in [-0.3, -0.25) is 0 Å². The minimum Gasteiger partial charge on any atom is -0.546 e. The van der Waals surface area contributed by atoms with E-state index in [1.807, 2.05) is 24.3 Å². The highest BCUT2D eigenvalue weighted by Crippen LogP contribution is 2.25. The lowest BCUT2D eigenvalue weighted by Gasteiger charge is -2.08. The van der Waals surface area contributed by atoms with Gasteiger partial charge in [0, 0.05) is 0 Å². The zero-order chi connectivity index (χ0) is 20.1. The second kappa shape index (κ2) is 8.28. The molecule has 3 aromatic carbocycles. The molecule has 0 radical (unpaired) electrons. The molecule has 0 unspecified atom stereocenters. The first-order valence-corrected chi connectivity index (χ1v) is 9.87. The van der Waals surface area contributed by atoms with Gasteiger partial charge in [0.1, 0.15) is 12.4 Å². The predicted molar refractivity (Wildman–Crippen MR) is 104 cm³/mol. The quantitative estimate of drug-likeness (QED) is 0.467. The Balaban J connectivity index is 1.72. The summed E-state index contributed by atoms with van der Waals surface area (Å²) in [5.41, 5.74) is 0.493. The first-order valence-electron chi connectivity index (χ1n) is 8.01. The van der Waals surface area contributed by atoms with Crippen molar-refractivity contribution in [2.45, 2.75) is 4.90 Å². The van der Waals surface area contributed by atoms with E-state index in [1.165, 1.54) is 24.4 Å². The van der Waals surface area contributed by atoms with Crippen LogP contribution >= 0.6 is 11.6 Å². The summed E-state index contributed by atoms with van der Waals surface area (Å²) in [6, 6.07) is 16.7. The third-order valence-corrected chi connectivity index (χ3v) is 5.23. The molecule has 0 amide bonds. The first kappa shape index (κ1) is 19.7. The first-order chi connectivity index (χ1) is 13.3. The minimum atomic E-state index is -3.84. The summed E-state index contributed by atoms with van der Waals surface area (Å²) in [6.45, 7) is -0.626. The zero-order valence-corrected chi connectivity index (χ0v) is 15.9. The number of nitrogens with one attached hydrogen (secondary N) is 1. The van der Waals surface area contributed by atoms with E-state index < -0.39 is 22.6 Å². The Labute approximate surface area is 166 Å². The Morgan fingerprint density at radius 2 is 1.86 bits per heavy atom. The monoisotopic (exact) mass is 417 g/mol. The molecular weight excluding hydrogens is 404 g/mol. The van der Waals surface area contributed by atoms with Gasteiger partial charge < -0.3 is 14.6 Å². The normalized spacial score (nSPS) is 11.6. The van der Waals surface area contributed by atoms with Gasteiger partial charge >= 0.3 is 0 Å². The molecule has 0 saturated carbocycles. The number of benzene rings is 3. The number of nitrogens with zero attached hydrogens (tertiary/aromatic N) is 1. The highest BCUT2D eigenvalue weighted by atomic mass is 35.5. The molecule has 0 spiro atoms. The Hall–Kier alpha value is -3.10. The topological polar surface area (TPSA) is 108 Å². The highest BCUT2D eigenvalue weighted by molar-refractivity contribution is 7.89. The van der Waals surface area contributed by atoms with Crippen molar-refractivity contribution < 1.29 is 23.1 Å². The second-order valence-electron chi connectivity index (χ2n) is 5.71. The van der Waals surface area contributed by atoms with Crippen LogP contribution in [0.25, 0.3) is 10.8 Å². The van der Waals surface area contributed by atoms with Crippen LogP contribution in [-0.4, -0.2) is 27.2 Å². The third kappa shape index (κ3) is 4.79. The summed E-state index contributed by atoms with van der Waals surface area (Å²) >= 11 is 5.99. The standard InChI is InChI=1S/C19H15ClN2O5S/c20-17-9-13(5-8-18(17)27-12-19(23)24)11-21-22-28(25,26)16-7-6-14-3-1-2-4-15(14)10-16/h1-11,22H,12H2,(H,23,24)/p-1. The number of carboxylic acid groups (broad SMARTS) is 1. The fourth-order valence-electron chi connectivity index (χ4n) is 2.41. The van der Waals surface area contributed by atoms with Gasteiger partial charge in [0.05, 0.1) is 22.1 Å². The molecule has 144 valence electrons. The summed E-state index contributed by atoms with van der Waals surface area (Å²) in [4.78, 5) is 12.6. The van der Waals surface area contributed by atoms with Crippen LogP contribution in [0, 0.1) is 0 Å². The number of aliphatic carboxylic acids is 1. The molecule has 0 atom stereocenters. The van der Waals surface area contributed by atoms with Crippen molar-refractivity contribution in [2.75, 3.05) is 6.61 Å². The van der Waals surface area contributed by atoms with Gasteiger partial charge in [0.25, 0.3) is 10.0 Å². The number of carbonyl (C=O) groups excluding carboxylic acids is 1. The van der Waals surface area contributed by atoms with E-state index in [9.17, 15) is 18.3 Å². The molecule has 3 rings (SSSR count). The zero-order valence-electron chi connectivity index (χ0n) is 14.3. The molecule has 0 heterocycles. The molecule has 0 aliphatic carbocycles. The van der Waals surface area contributed by atoms with Crippen molar-refractivity contribution in [3.05, 3.63) is 71.2 Å². The lowest BCUT2D eigenvalue weighted by Crippen LogP contribution is -2.28. The Morgan fingerprint density at radius 3 is 2.57 bits per heavy atom. The lowest BCUT2D eigenvalue weighted by atomic mass is 10.1. The van der Waals surface area contributed by atoms with Gasteiger partial charge in [-0.25, -0.2) is 4.83 Å². The Bertz CT molecular complexity index is 1160. The van der Waals surface area contributed by atoms with Crippen LogP contribution in [0.15, 0.2) is 70.7 Å². The number of sulfonamides is 1. The SMILES string of the molecule is O=C([O-])COc1ccc(C=NNS(=O)(=O)c2ccc3ccccc3c2)cc1Cl. The number of ether oxygens (including phenoxy) is 1. The van der Waals surface area contributed by atoms with Crippen LogP contribution in [0.4, 0.5) is 0 Å². The largest absolute Gasteiger partial charge is 0.546 e. The lowest BCUT2D eigenvalue weighted by molar-refractivity contribution is -0.307. The van der Waals surface area contributed by atoms with Crippen LogP contribution in [0.5, 0.6) is 5.75 Å². The van der Waals surface area contributed by atoms with E-state index in [4.69, 9.17) is 16.3 Å². The molecule has 0 fully saturated rings. The van der Waals surface area contributed by atoms with Gasteiger partial charge in [0.2, 0.25) is 0 Å². The molecule has 0 bridgehead atoms. The van der Waals surface area contributed by atoms with Crippen molar-refractivity contribution in [3.63, 3.8) is 0 Å². The van der Waals surface area contributed by atoms with Crippen LogP contribution in [-0.2, 0) is 14.8 Å². The van der Waals surface area contributed by atoms with E-state index >= 15 is 0 Å². The molecular formula is C19H14ClN2O5S-. The maximum atomic E-state index is 12.4. The van der Waals surface area contributed by atoms with Gasteiger partial charge in [-0.2, -0.15) is 13.5 Å². The maximum Gasteiger partial charge on any atom is 0.276 e. The van der Waals surface area contributed by atoms with Gasteiger partial charge in [0.15, 0.2) is 0 Å². The van der Waals surface area contributed by atoms with E-state index in [0.29, 0.717) is 5.56 Å². The number of carboxylic acids is 1. The fourth-order valence-corrected chi connectivity index (χ4v) is 3.48. The number of halogens is 1. The van der Waals surface area contributed by atoms with Crippen molar-refractivity contribution in [3.8, 4) is 5.75 Å². The van der Waals surface area contributed by atoms with Crippen molar-refractivity contribution in [2.24, 2.45) is 5.10 Å². The van der Waals surface area contributed by atoms with E-state index in [-0.39, 0.29) is 15.7 Å². The molecule has 28 heavy (non-hydrogen) atoms. The van der Waals surface area contributed by atoms with Crippen molar-refractivity contribution in [1.82, 2.24) is 4.83 Å². The number of hydrazone groups is 1. The van der Waals surface area contributed by atoms with E-state index in [1.54, 1.807) is 18.2 Å². The van der Waals surface area contributed by atoms with Gasteiger partial charge in [-0.15, -0.1) is 0 Å². The Kier molecular flexibility index (Phi) is 5.81. The van der Waals surface area contributed by atoms with Crippen molar-refractivity contribution in [1.29, 1.82) is 0 Å². The molecule has 1 N–H and O–H groups in total. The number of hydrogen-bond donors (Lipinski definition) is 1. The van der Waals surface area contributed by atoms with Crippen LogP contribution in [0.2, 0.25) is 5.02 Å². The van der Waals surface area contributed by atoms with Crippen LogP contribution in [0.1, 0.15) is 5.56 Å². The molecule has 3 aromatic rings. The highest BCUT2D eigenvalue weighted by Gasteiger charge is 2.13. The maximum absolute atomic E-state index is 12.4. The van der Waals surface area contributed by atoms with Crippen molar-refractivity contribution >= 4 is 44.6 Å². The second-order valence-corrected chi connectivity index (χ2v) is 7.78. The summed E-state index contributed by atoms with van der Waals surface area (Å²) < 4.78 is 29.8. The number of fused-ring (bicyclic) bond motifs is 1. The molecule has 0 aliphatic heterocycles. The average Bonchev–Trinajstić information content (AvgIpc) is 2.66. The molecule has 0 saturated heterocycles. The molecule has 0 aromatic heterocycles. The van der Waals surface area contributed by atoms with Gasteiger partial charge in [-0.05, 0) is 46.7 Å². The van der Waals surface area contributed by atoms with E-state index in [0.717, 1.165) is 10.8 Å². The fraction of sp³-hybridized carbons (Fsp3) is 0.0526. The summed E-state index contributed by atoms with van der Waals surface area (Å²) in [5.74, 6) is -1.20. The molecule has 7 nitrogen and oxygen atoms in total. The van der Waals surface area contributed by atoms with E-state index in [2.05, 4.69) is 9.93 Å². The number of hydrogen-bond acceptors (Lipinski definition) is 6. The molecule has 9 heteroatoms. The number of carbonyl (C=O) groups is 1. The minimum absolute atomic E-state index is 0.0902. The van der Waals surface area contributed by atoms with Crippen LogP contribution < -0.4 is 14.7 Å². The summed E-state index contributed by atoms with van der Waals surface area (Å²) in [7, 11) is -3.84. The summed E-state index contributed by atoms with van der Waals surface area (Å²) in [6.07, 6.45) is 1.27. The van der Waals surface area contributed by atoms with Gasteiger partial charge in [-0.1, -0.05) is 41.9 Å². The smallest absolute Gasteiger partial charge is 0.276 e. The average molecular weight is 418 g/mol. The predicted octanol–water partition coefficient (Wildman–Crippen LogP) is 1.93. The number of rotatable bonds is 7. The molecule has 0 aliphatic rings. The van der Waals surface area contributed by atoms with Crippen LogP contribution in [0.3, 0.4) is 0 Å². The Morgan fingerprint density at radius 1 is 1.11 bits per heavy atom. The third-order valence-electron chi connectivity index (χ3n) is 3.72. The summed E-state index contributed by atoms with van der Waals surface area (Å²) in [5, 5.41) is 16.0.